The van der Waals surface area contributed by atoms with Crippen LogP contribution >= 0.6 is 27.5 Å². The van der Waals surface area contributed by atoms with E-state index in [4.69, 9.17) is 21.1 Å². The van der Waals surface area contributed by atoms with Gasteiger partial charge in [0.15, 0.2) is 6.61 Å². The van der Waals surface area contributed by atoms with E-state index < -0.39 is 0 Å². The van der Waals surface area contributed by atoms with Gasteiger partial charge in [0, 0.05) is 10.4 Å². The van der Waals surface area contributed by atoms with E-state index in [9.17, 15) is 4.79 Å². The number of esters is 1. The largest absolute Gasteiger partial charge is 0.482 e. The predicted molar refractivity (Wildman–Crippen MR) is 70.6 cm³/mol. The molecule has 0 aliphatic rings. The summed E-state index contributed by atoms with van der Waals surface area (Å²) in [5, 5.41) is 0. The second-order valence-corrected chi connectivity index (χ2v) is 4.55. The number of carbonyl (C=O) groups is 1. The van der Waals surface area contributed by atoms with E-state index in [2.05, 4.69) is 15.9 Å². The zero-order valence-corrected chi connectivity index (χ0v) is 12.1. The van der Waals surface area contributed by atoms with Crippen molar-refractivity contribution in [3.05, 3.63) is 27.7 Å². The van der Waals surface area contributed by atoms with Crippen molar-refractivity contribution >= 4 is 33.5 Å². The number of alkyl halides is 1. The number of carbonyl (C=O) groups excluding carboxylic acids is 1. The number of hydrogen-bond acceptors (Lipinski definition) is 3. The number of ether oxygens (including phenoxy) is 2. The Hall–Kier alpha value is -0.740. The summed E-state index contributed by atoms with van der Waals surface area (Å²) in [7, 11) is 0. The van der Waals surface area contributed by atoms with Crippen LogP contribution in [0.5, 0.6) is 5.75 Å². The molecule has 0 fully saturated rings. The highest BCUT2D eigenvalue weighted by Crippen LogP contribution is 2.28. The van der Waals surface area contributed by atoms with Crippen molar-refractivity contribution in [3.63, 3.8) is 0 Å². The summed E-state index contributed by atoms with van der Waals surface area (Å²) >= 11 is 9.23. The topological polar surface area (TPSA) is 35.5 Å². The minimum atomic E-state index is -0.373. The van der Waals surface area contributed by atoms with E-state index in [0.29, 0.717) is 18.2 Å². The lowest BCUT2D eigenvalue weighted by Crippen LogP contribution is -2.14. The van der Waals surface area contributed by atoms with Crippen molar-refractivity contribution in [3.8, 4) is 5.75 Å². The predicted octanol–water partition coefficient (Wildman–Crippen LogP) is 3.44. The van der Waals surface area contributed by atoms with Crippen LogP contribution in [0, 0.1) is 6.92 Å². The summed E-state index contributed by atoms with van der Waals surface area (Å²) in [5.41, 5.74) is 2.04. The molecule has 0 aliphatic carbocycles. The summed E-state index contributed by atoms with van der Waals surface area (Å²) in [4.78, 5) is 11.1. The van der Waals surface area contributed by atoms with E-state index in [-0.39, 0.29) is 12.6 Å². The maximum atomic E-state index is 11.1. The van der Waals surface area contributed by atoms with E-state index >= 15 is 0 Å². The standard InChI is InChI=1S/C12H14BrClO3/c1-3-16-12(15)7-17-9-4-8(2)10(6-14)11(13)5-9/h4-5H,3,6-7H2,1-2H3. The van der Waals surface area contributed by atoms with Crippen LogP contribution in [-0.2, 0) is 15.4 Å². The molecular weight excluding hydrogens is 307 g/mol. The van der Waals surface area contributed by atoms with Crippen molar-refractivity contribution in [1.82, 2.24) is 0 Å². The van der Waals surface area contributed by atoms with Gasteiger partial charge in [0.2, 0.25) is 0 Å². The van der Waals surface area contributed by atoms with Crippen molar-refractivity contribution in [2.24, 2.45) is 0 Å². The third kappa shape index (κ3) is 4.21. The van der Waals surface area contributed by atoms with Crippen LogP contribution in [0.1, 0.15) is 18.1 Å². The molecule has 0 saturated heterocycles. The van der Waals surface area contributed by atoms with Crippen LogP contribution in [-0.4, -0.2) is 19.2 Å². The molecule has 0 bridgehead atoms. The smallest absolute Gasteiger partial charge is 0.344 e. The van der Waals surface area contributed by atoms with Gasteiger partial charge < -0.3 is 9.47 Å². The summed E-state index contributed by atoms with van der Waals surface area (Å²) in [5.74, 6) is 0.684. The molecule has 0 heterocycles. The van der Waals surface area contributed by atoms with Crippen molar-refractivity contribution in [2.75, 3.05) is 13.2 Å². The fourth-order valence-electron chi connectivity index (χ4n) is 1.34. The molecule has 3 nitrogen and oxygen atoms in total. The van der Waals surface area contributed by atoms with Gasteiger partial charge in [-0.05, 0) is 37.1 Å². The van der Waals surface area contributed by atoms with Crippen molar-refractivity contribution in [2.45, 2.75) is 19.7 Å². The Bertz CT molecular complexity index is 384. The zero-order chi connectivity index (χ0) is 12.8. The van der Waals surface area contributed by atoms with Gasteiger partial charge in [-0.15, -0.1) is 11.6 Å². The second kappa shape index (κ2) is 6.87. The third-order valence-electron chi connectivity index (χ3n) is 2.19. The van der Waals surface area contributed by atoms with Crippen molar-refractivity contribution in [1.29, 1.82) is 0 Å². The molecule has 1 aromatic carbocycles. The Kier molecular flexibility index (Phi) is 5.78. The van der Waals surface area contributed by atoms with E-state index in [1.165, 1.54) is 0 Å². The molecule has 94 valence electrons. The molecule has 0 radical (unpaired) electrons. The maximum Gasteiger partial charge on any atom is 0.344 e. The molecule has 0 spiro atoms. The van der Waals surface area contributed by atoms with Gasteiger partial charge in [0.05, 0.1) is 6.61 Å². The summed E-state index contributed by atoms with van der Waals surface area (Å²) < 4.78 is 11.0. The fourth-order valence-corrected chi connectivity index (χ4v) is 2.53. The van der Waals surface area contributed by atoms with Gasteiger partial charge in [-0.2, -0.15) is 0 Å². The van der Waals surface area contributed by atoms with Gasteiger partial charge in [-0.3, -0.25) is 0 Å². The van der Waals surface area contributed by atoms with Crippen LogP contribution in [0.2, 0.25) is 0 Å². The minimum Gasteiger partial charge on any atom is -0.482 e. The Balaban J connectivity index is 2.70. The minimum absolute atomic E-state index is 0.0834. The first kappa shape index (κ1) is 14.3. The molecule has 17 heavy (non-hydrogen) atoms. The highest BCUT2D eigenvalue weighted by molar-refractivity contribution is 9.10. The van der Waals surface area contributed by atoms with Crippen LogP contribution in [0.25, 0.3) is 0 Å². The average Bonchev–Trinajstić information content (AvgIpc) is 2.26. The van der Waals surface area contributed by atoms with Crippen LogP contribution < -0.4 is 4.74 Å². The molecule has 0 N–H and O–H groups in total. The summed E-state index contributed by atoms with van der Waals surface area (Å²) in [6.07, 6.45) is 0. The van der Waals surface area contributed by atoms with Gasteiger partial charge in [0.1, 0.15) is 5.75 Å². The molecule has 0 unspecified atom stereocenters. The summed E-state index contributed by atoms with van der Waals surface area (Å²) in [6.45, 7) is 3.98. The average molecular weight is 322 g/mol. The fraction of sp³-hybridized carbons (Fsp3) is 0.417. The Morgan fingerprint density at radius 1 is 1.47 bits per heavy atom. The van der Waals surface area contributed by atoms with Crippen LogP contribution in [0.4, 0.5) is 0 Å². The molecule has 0 amide bonds. The molecule has 1 rings (SSSR count). The number of hydrogen-bond donors (Lipinski definition) is 0. The molecular formula is C12H14BrClO3. The lowest BCUT2D eigenvalue weighted by atomic mass is 10.1. The van der Waals surface area contributed by atoms with Crippen LogP contribution in [0.15, 0.2) is 16.6 Å². The molecule has 0 aliphatic heterocycles. The van der Waals surface area contributed by atoms with Crippen molar-refractivity contribution < 1.29 is 14.3 Å². The third-order valence-corrected chi connectivity index (χ3v) is 3.16. The number of benzene rings is 1. The molecule has 1 aromatic rings. The highest BCUT2D eigenvalue weighted by Gasteiger charge is 2.08. The van der Waals surface area contributed by atoms with Gasteiger partial charge in [-0.25, -0.2) is 4.79 Å². The van der Waals surface area contributed by atoms with E-state index in [1.54, 1.807) is 13.0 Å². The summed E-state index contributed by atoms with van der Waals surface area (Å²) in [6, 6.07) is 3.64. The van der Waals surface area contributed by atoms with Crippen LogP contribution in [0.3, 0.4) is 0 Å². The maximum absolute atomic E-state index is 11.1. The SMILES string of the molecule is CCOC(=O)COc1cc(C)c(CCl)c(Br)c1. The first-order valence-corrected chi connectivity index (χ1v) is 6.54. The van der Waals surface area contributed by atoms with E-state index in [0.717, 1.165) is 15.6 Å². The molecule has 0 atom stereocenters. The quantitative estimate of drug-likeness (QED) is 0.615. The first-order valence-electron chi connectivity index (χ1n) is 5.21. The first-order chi connectivity index (χ1) is 8.08. The number of rotatable bonds is 5. The normalized spacial score (nSPS) is 10.1. The zero-order valence-electron chi connectivity index (χ0n) is 9.76. The molecule has 5 heteroatoms. The van der Waals surface area contributed by atoms with Gasteiger partial charge in [0.25, 0.3) is 0 Å². The lowest BCUT2D eigenvalue weighted by molar-refractivity contribution is -0.145. The van der Waals surface area contributed by atoms with Gasteiger partial charge in [-0.1, -0.05) is 15.9 Å². The Labute approximate surface area is 114 Å². The van der Waals surface area contributed by atoms with Gasteiger partial charge >= 0.3 is 5.97 Å². The Morgan fingerprint density at radius 2 is 2.18 bits per heavy atom. The Morgan fingerprint density at radius 3 is 2.71 bits per heavy atom. The monoisotopic (exact) mass is 320 g/mol. The van der Waals surface area contributed by atoms with E-state index in [1.807, 2.05) is 13.0 Å². The highest BCUT2D eigenvalue weighted by atomic mass is 79.9. The number of aryl methyl sites for hydroxylation is 1. The lowest BCUT2D eigenvalue weighted by Gasteiger charge is -2.10. The number of halogens is 2. The second-order valence-electron chi connectivity index (χ2n) is 3.43. The molecule has 0 aromatic heterocycles. The molecule has 0 saturated carbocycles.